The summed E-state index contributed by atoms with van der Waals surface area (Å²) in [5.41, 5.74) is 5.86. The van der Waals surface area contributed by atoms with Crippen molar-refractivity contribution in [3.63, 3.8) is 0 Å². The van der Waals surface area contributed by atoms with Gasteiger partial charge in [-0.3, -0.25) is 4.79 Å². The molecule has 0 aromatic heterocycles. The van der Waals surface area contributed by atoms with E-state index >= 15 is 0 Å². The molecule has 0 aliphatic carbocycles. The third-order valence-corrected chi connectivity index (χ3v) is 3.75. The number of nitrogens with two attached hydrogens (primary N) is 1. The Balaban J connectivity index is 0.00000180. The van der Waals surface area contributed by atoms with E-state index in [2.05, 4.69) is 0 Å². The van der Waals surface area contributed by atoms with Crippen molar-refractivity contribution in [3.05, 3.63) is 34.6 Å². The highest BCUT2D eigenvalue weighted by molar-refractivity contribution is 6.33. The van der Waals surface area contributed by atoms with Crippen LogP contribution in [0.2, 0.25) is 5.02 Å². The number of nitrogens with zero attached hydrogens (tertiary/aromatic N) is 1. The first kappa shape index (κ1) is 16.2. The number of halogens is 3. The van der Waals surface area contributed by atoms with E-state index in [-0.39, 0.29) is 40.9 Å². The Morgan fingerprint density at radius 1 is 1.53 bits per heavy atom. The van der Waals surface area contributed by atoms with Crippen molar-refractivity contribution in [2.75, 3.05) is 13.1 Å². The van der Waals surface area contributed by atoms with Crippen LogP contribution in [0.4, 0.5) is 4.39 Å². The van der Waals surface area contributed by atoms with Crippen LogP contribution in [0.15, 0.2) is 18.2 Å². The maximum atomic E-state index is 13.7. The molecule has 19 heavy (non-hydrogen) atoms. The molecule has 1 heterocycles. The second-order valence-corrected chi connectivity index (χ2v) is 5.18. The molecule has 1 aliphatic heterocycles. The second-order valence-electron chi connectivity index (χ2n) is 4.78. The molecule has 106 valence electrons. The Morgan fingerprint density at radius 2 is 2.21 bits per heavy atom. The molecule has 1 aromatic rings. The van der Waals surface area contributed by atoms with Gasteiger partial charge in [-0.1, -0.05) is 24.6 Å². The van der Waals surface area contributed by atoms with Gasteiger partial charge in [0.25, 0.3) is 5.91 Å². The van der Waals surface area contributed by atoms with Gasteiger partial charge in [-0.05, 0) is 24.5 Å². The van der Waals surface area contributed by atoms with Gasteiger partial charge < -0.3 is 10.6 Å². The van der Waals surface area contributed by atoms with Crippen LogP contribution in [0.1, 0.15) is 23.7 Å². The summed E-state index contributed by atoms with van der Waals surface area (Å²) in [7, 11) is 0. The quantitative estimate of drug-likeness (QED) is 0.867. The molecule has 6 heteroatoms. The first-order valence-corrected chi connectivity index (χ1v) is 6.37. The summed E-state index contributed by atoms with van der Waals surface area (Å²) in [6, 6.07) is 4.36. The van der Waals surface area contributed by atoms with Gasteiger partial charge in [0.1, 0.15) is 5.82 Å². The van der Waals surface area contributed by atoms with Crippen LogP contribution in [0.25, 0.3) is 0 Å². The Labute approximate surface area is 123 Å². The van der Waals surface area contributed by atoms with Gasteiger partial charge >= 0.3 is 0 Å². The maximum Gasteiger partial charge on any atom is 0.258 e. The first-order valence-electron chi connectivity index (χ1n) is 5.99. The lowest BCUT2D eigenvalue weighted by Crippen LogP contribution is -2.48. The Hall–Kier alpha value is -0.840. The van der Waals surface area contributed by atoms with Crippen molar-refractivity contribution in [2.24, 2.45) is 11.7 Å². The summed E-state index contributed by atoms with van der Waals surface area (Å²) >= 11 is 5.90. The molecular formula is C13H17Cl2FN2O. The molecule has 3 nitrogen and oxygen atoms in total. The number of amides is 1. The average molecular weight is 307 g/mol. The summed E-state index contributed by atoms with van der Waals surface area (Å²) in [4.78, 5) is 13.9. The van der Waals surface area contributed by atoms with E-state index in [9.17, 15) is 9.18 Å². The molecule has 1 saturated heterocycles. The highest BCUT2D eigenvalue weighted by Gasteiger charge is 2.29. The van der Waals surface area contributed by atoms with Crippen molar-refractivity contribution >= 4 is 29.9 Å². The number of piperidine rings is 1. The van der Waals surface area contributed by atoms with Crippen molar-refractivity contribution in [2.45, 2.75) is 19.4 Å². The summed E-state index contributed by atoms with van der Waals surface area (Å²) in [5.74, 6) is -0.708. The minimum absolute atomic E-state index is 0. The van der Waals surface area contributed by atoms with E-state index in [4.69, 9.17) is 17.3 Å². The summed E-state index contributed by atoms with van der Waals surface area (Å²) in [6.07, 6.45) is 0.735. The van der Waals surface area contributed by atoms with Crippen LogP contribution in [0, 0.1) is 11.7 Å². The van der Waals surface area contributed by atoms with Gasteiger partial charge in [0.15, 0.2) is 0 Å². The smallest absolute Gasteiger partial charge is 0.258 e. The fraction of sp³-hybridized carbons (Fsp3) is 0.462. The zero-order valence-corrected chi connectivity index (χ0v) is 12.2. The maximum absolute atomic E-state index is 13.7. The lowest BCUT2D eigenvalue weighted by Gasteiger charge is -2.35. The minimum Gasteiger partial charge on any atom is -0.338 e. The fourth-order valence-electron chi connectivity index (χ4n) is 2.21. The third kappa shape index (κ3) is 3.38. The normalized spacial score (nSPS) is 22.8. The van der Waals surface area contributed by atoms with Gasteiger partial charge in [-0.15, -0.1) is 12.4 Å². The molecule has 2 atom stereocenters. The highest BCUT2D eigenvalue weighted by atomic mass is 35.5. The van der Waals surface area contributed by atoms with Crippen LogP contribution in [0.3, 0.4) is 0 Å². The standard InChI is InChI=1S/C13H16ClFN2O.ClH/c1-8-7-17(6-5-11(8)16)13(18)12-9(14)3-2-4-10(12)15;/h2-4,8,11H,5-7,16H2,1H3;1H. The Bertz CT molecular complexity index is 450. The fourth-order valence-corrected chi connectivity index (χ4v) is 2.45. The minimum atomic E-state index is -0.574. The zero-order chi connectivity index (χ0) is 13.3. The Kier molecular flexibility index (Phi) is 5.59. The van der Waals surface area contributed by atoms with Gasteiger partial charge in [-0.25, -0.2) is 4.39 Å². The molecule has 2 unspecified atom stereocenters. The molecule has 1 aromatic carbocycles. The van der Waals surface area contributed by atoms with Gasteiger partial charge in [0.2, 0.25) is 0 Å². The van der Waals surface area contributed by atoms with Crippen LogP contribution in [-0.4, -0.2) is 29.9 Å². The summed E-state index contributed by atoms with van der Waals surface area (Å²) in [6.45, 7) is 3.09. The summed E-state index contributed by atoms with van der Waals surface area (Å²) in [5, 5.41) is 0.155. The number of rotatable bonds is 1. The second kappa shape index (κ2) is 6.55. The molecular weight excluding hydrogens is 290 g/mol. The SMILES string of the molecule is CC1CN(C(=O)c2c(F)cccc2Cl)CCC1N.Cl. The number of hydrogen-bond donors (Lipinski definition) is 1. The predicted octanol–water partition coefficient (Wildman–Crippen LogP) is 2.71. The van der Waals surface area contributed by atoms with Crippen LogP contribution in [-0.2, 0) is 0 Å². The van der Waals surface area contributed by atoms with Crippen LogP contribution >= 0.6 is 24.0 Å². The topological polar surface area (TPSA) is 46.3 Å². The zero-order valence-electron chi connectivity index (χ0n) is 10.6. The largest absolute Gasteiger partial charge is 0.338 e. The van der Waals surface area contributed by atoms with E-state index in [1.165, 1.54) is 18.2 Å². The van der Waals surface area contributed by atoms with Gasteiger partial charge in [0.05, 0.1) is 10.6 Å². The van der Waals surface area contributed by atoms with Crippen LogP contribution in [0.5, 0.6) is 0 Å². The Morgan fingerprint density at radius 3 is 2.79 bits per heavy atom. The van der Waals surface area contributed by atoms with Gasteiger partial charge in [0, 0.05) is 19.1 Å². The number of benzene rings is 1. The molecule has 0 radical (unpaired) electrons. The number of carbonyl (C=O) groups is 1. The number of hydrogen-bond acceptors (Lipinski definition) is 2. The van der Waals surface area contributed by atoms with E-state index in [1.807, 2.05) is 6.92 Å². The summed E-state index contributed by atoms with van der Waals surface area (Å²) < 4.78 is 13.7. The lowest BCUT2D eigenvalue weighted by molar-refractivity contribution is 0.0659. The predicted molar refractivity (Wildman–Crippen MR) is 76.3 cm³/mol. The monoisotopic (exact) mass is 306 g/mol. The average Bonchev–Trinajstić information content (AvgIpc) is 2.32. The van der Waals surface area contributed by atoms with Crippen molar-refractivity contribution in [1.29, 1.82) is 0 Å². The lowest BCUT2D eigenvalue weighted by atomic mass is 9.94. The molecule has 2 rings (SSSR count). The molecule has 1 fully saturated rings. The molecule has 0 spiro atoms. The third-order valence-electron chi connectivity index (χ3n) is 3.44. The number of carbonyl (C=O) groups excluding carboxylic acids is 1. The molecule has 0 bridgehead atoms. The van der Waals surface area contributed by atoms with E-state index in [1.54, 1.807) is 4.90 Å². The van der Waals surface area contributed by atoms with E-state index in [0.717, 1.165) is 6.42 Å². The first-order chi connectivity index (χ1) is 8.50. The molecule has 1 amide bonds. The molecule has 1 aliphatic rings. The van der Waals surface area contributed by atoms with Crippen molar-refractivity contribution in [3.8, 4) is 0 Å². The van der Waals surface area contributed by atoms with Crippen LogP contribution < -0.4 is 5.73 Å². The van der Waals surface area contributed by atoms with E-state index < -0.39 is 5.82 Å². The molecule has 2 N–H and O–H groups in total. The van der Waals surface area contributed by atoms with Gasteiger partial charge in [-0.2, -0.15) is 0 Å². The highest BCUT2D eigenvalue weighted by Crippen LogP contribution is 2.23. The van der Waals surface area contributed by atoms with Crippen molar-refractivity contribution in [1.82, 2.24) is 4.90 Å². The van der Waals surface area contributed by atoms with Crippen molar-refractivity contribution < 1.29 is 9.18 Å². The molecule has 0 saturated carbocycles. The number of likely N-dealkylation sites (tertiary alicyclic amines) is 1. The van der Waals surface area contributed by atoms with E-state index in [0.29, 0.717) is 13.1 Å².